The highest BCUT2D eigenvalue weighted by molar-refractivity contribution is 5.39. The molecule has 0 radical (unpaired) electrons. The molecule has 24 heavy (non-hydrogen) atoms. The van der Waals surface area contributed by atoms with Crippen LogP contribution in [-0.4, -0.2) is 24.6 Å². The molecule has 1 N–H and O–H groups in total. The minimum Gasteiger partial charge on any atom is -0.492 e. The van der Waals surface area contributed by atoms with Gasteiger partial charge >= 0.3 is 0 Å². The summed E-state index contributed by atoms with van der Waals surface area (Å²) in [6.45, 7) is 8.36. The van der Waals surface area contributed by atoms with Gasteiger partial charge in [0.2, 0.25) is 0 Å². The van der Waals surface area contributed by atoms with Crippen LogP contribution >= 0.6 is 0 Å². The average Bonchev–Trinajstić information content (AvgIpc) is 2.56. The van der Waals surface area contributed by atoms with E-state index in [4.69, 9.17) is 4.74 Å². The quantitative estimate of drug-likeness (QED) is 0.452. The SMILES string of the molecule is Cc1cccc(C)c1OCCNCC(C)c1ccc([N+](=O)[O-])cc1. The first-order valence-electron chi connectivity index (χ1n) is 8.13. The van der Waals surface area contributed by atoms with Gasteiger partial charge in [-0.25, -0.2) is 0 Å². The summed E-state index contributed by atoms with van der Waals surface area (Å²) < 4.78 is 5.86. The highest BCUT2D eigenvalue weighted by atomic mass is 16.6. The second kappa shape index (κ2) is 8.45. The third-order valence-electron chi connectivity index (χ3n) is 4.06. The predicted octanol–water partition coefficient (Wildman–Crippen LogP) is 3.98. The van der Waals surface area contributed by atoms with E-state index in [1.165, 1.54) is 0 Å². The maximum absolute atomic E-state index is 10.7. The van der Waals surface area contributed by atoms with Crippen LogP contribution < -0.4 is 10.1 Å². The van der Waals surface area contributed by atoms with Crippen molar-refractivity contribution in [1.82, 2.24) is 5.32 Å². The lowest BCUT2D eigenvalue weighted by molar-refractivity contribution is -0.384. The van der Waals surface area contributed by atoms with Crippen LogP contribution in [0.1, 0.15) is 29.5 Å². The van der Waals surface area contributed by atoms with E-state index < -0.39 is 0 Å². The van der Waals surface area contributed by atoms with Crippen molar-refractivity contribution in [3.63, 3.8) is 0 Å². The Morgan fingerprint density at radius 3 is 2.33 bits per heavy atom. The van der Waals surface area contributed by atoms with Crippen LogP contribution in [0.4, 0.5) is 5.69 Å². The van der Waals surface area contributed by atoms with E-state index in [0.29, 0.717) is 6.61 Å². The van der Waals surface area contributed by atoms with Crippen LogP contribution in [0.15, 0.2) is 42.5 Å². The van der Waals surface area contributed by atoms with Gasteiger partial charge in [-0.3, -0.25) is 10.1 Å². The fourth-order valence-corrected chi connectivity index (χ4v) is 2.61. The number of nitrogens with one attached hydrogen (secondary N) is 1. The van der Waals surface area contributed by atoms with Crippen LogP contribution in [0.2, 0.25) is 0 Å². The molecule has 0 fully saturated rings. The zero-order chi connectivity index (χ0) is 17.5. The van der Waals surface area contributed by atoms with E-state index in [1.807, 2.05) is 44.2 Å². The second-order valence-electron chi connectivity index (χ2n) is 6.02. The summed E-state index contributed by atoms with van der Waals surface area (Å²) in [5.74, 6) is 1.24. The molecule has 2 aromatic rings. The van der Waals surface area contributed by atoms with Crippen molar-refractivity contribution in [2.45, 2.75) is 26.7 Å². The zero-order valence-corrected chi connectivity index (χ0v) is 14.4. The molecule has 1 atom stereocenters. The van der Waals surface area contributed by atoms with Gasteiger partial charge in [0.05, 0.1) is 4.92 Å². The van der Waals surface area contributed by atoms with Gasteiger partial charge in [-0.15, -0.1) is 0 Å². The number of ether oxygens (including phenoxy) is 1. The first kappa shape index (κ1) is 17.9. The van der Waals surface area contributed by atoms with E-state index >= 15 is 0 Å². The molecule has 0 spiro atoms. The normalized spacial score (nSPS) is 12.0. The highest BCUT2D eigenvalue weighted by Crippen LogP contribution is 2.22. The van der Waals surface area contributed by atoms with Gasteiger partial charge in [0.1, 0.15) is 12.4 Å². The average molecular weight is 328 g/mol. The maximum Gasteiger partial charge on any atom is 0.269 e. The third-order valence-corrected chi connectivity index (χ3v) is 4.06. The van der Waals surface area contributed by atoms with Crippen molar-refractivity contribution in [2.75, 3.05) is 19.7 Å². The number of nitrogens with zero attached hydrogens (tertiary/aromatic N) is 1. The third kappa shape index (κ3) is 4.80. The van der Waals surface area contributed by atoms with E-state index in [-0.39, 0.29) is 16.5 Å². The van der Waals surface area contributed by atoms with E-state index in [2.05, 4.69) is 12.2 Å². The molecule has 0 aromatic heterocycles. The van der Waals surface area contributed by atoms with Gasteiger partial charge in [-0.1, -0.05) is 37.3 Å². The Kier molecular flexibility index (Phi) is 6.32. The Morgan fingerprint density at radius 1 is 1.12 bits per heavy atom. The lowest BCUT2D eigenvalue weighted by atomic mass is 10.0. The first-order chi connectivity index (χ1) is 11.5. The number of para-hydroxylation sites is 1. The summed E-state index contributed by atoms with van der Waals surface area (Å²) in [7, 11) is 0. The van der Waals surface area contributed by atoms with Crippen molar-refractivity contribution in [2.24, 2.45) is 0 Å². The Bertz CT molecular complexity index is 663. The second-order valence-corrected chi connectivity index (χ2v) is 6.02. The molecule has 0 bridgehead atoms. The Balaban J connectivity index is 1.75. The Morgan fingerprint density at radius 2 is 1.75 bits per heavy atom. The molecule has 128 valence electrons. The molecule has 0 aliphatic carbocycles. The molecule has 2 aromatic carbocycles. The molecular weight excluding hydrogens is 304 g/mol. The van der Waals surface area contributed by atoms with Gasteiger partial charge in [0.15, 0.2) is 0 Å². The number of benzene rings is 2. The van der Waals surface area contributed by atoms with Crippen LogP contribution in [0.25, 0.3) is 0 Å². The molecule has 0 heterocycles. The smallest absolute Gasteiger partial charge is 0.269 e. The van der Waals surface area contributed by atoms with Gasteiger partial charge in [-0.05, 0) is 36.5 Å². The van der Waals surface area contributed by atoms with Crippen molar-refractivity contribution in [1.29, 1.82) is 0 Å². The molecule has 0 amide bonds. The molecule has 0 saturated heterocycles. The molecule has 2 rings (SSSR count). The molecular formula is C19H24N2O3. The monoisotopic (exact) mass is 328 g/mol. The van der Waals surface area contributed by atoms with Crippen LogP contribution in [-0.2, 0) is 0 Å². The molecule has 5 nitrogen and oxygen atoms in total. The summed E-state index contributed by atoms with van der Waals surface area (Å²) in [6, 6.07) is 12.9. The molecule has 0 aliphatic heterocycles. The Labute approximate surface area is 142 Å². The molecule has 0 aliphatic rings. The van der Waals surface area contributed by atoms with Gasteiger partial charge in [-0.2, -0.15) is 0 Å². The standard InChI is InChI=1S/C19H24N2O3/c1-14-5-4-6-15(2)19(14)24-12-11-20-13-16(3)17-7-9-18(10-8-17)21(22)23/h4-10,16,20H,11-13H2,1-3H3. The minimum atomic E-state index is -0.377. The van der Waals surface area contributed by atoms with Gasteiger partial charge in [0, 0.05) is 25.2 Å². The lowest BCUT2D eigenvalue weighted by Crippen LogP contribution is -2.25. The van der Waals surface area contributed by atoms with Crippen molar-refractivity contribution < 1.29 is 9.66 Å². The maximum atomic E-state index is 10.7. The first-order valence-corrected chi connectivity index (χ1v) is 8.13. The van der Waals surface area contributed by atoms with Crippen LogP contribution in [0.5, 0.6) is 5.75 Å². The summed E-state index contributed by atoms with van der Waals surface area (Å²) >= 11 is 0. The van der Waals surface area contributed by atoms with Gasteiger partial charge < -0.3 is 10.1 Å². The predicted molar refractivity (Wildman–Crippen MR) is 95.8 cm³/mol. The van der Waals surface area contributed by atoms with Crippen molar-refractivity contribution >= 4 is 5.69 Å². The lowest BCUT2D eigenvalue weighted by Gasteiger charge is -2.15. The number of aryl methyl sites for hydroxylation is 2. The van der Waals surface area contributed by atoms with E-state index in [0.717, 1.165) is 35.5 Å². The summed E-state index contributed by atoms with van der Waals surface area (Å²) in [5.41, 5.74) is 3.51. The van der Waals surface area contributed by atoms with Crippen LogP contribution in [0.3, 0.4) is 0 Å². The zero-order valence-electron chi connectivity index (χ0n) is 14.4. The van der Waals surface area contributed by atoms with E-state index in [1.54, 1.807) is 12.1 Å². The molecule has 1 unspecified atom stereocenters. The number of non-ortho nitro benzene ring substituents is 1. The topological polar surface area (TPSA) is 64.4 Å². The number of nitro groups is 1. The largest absolute Gasteiger partial charge is 0.492 e. The van der Waals surface area contributed by atoms with Crippen molar-refractivity contribution in [3.8, 4) is 5.75 Å². The summed E-state index contributed by atoms with van der Waals surface area (Å²) in [6.07, 6.45) is 0. The van der Waals surface area contributed by atoms with Crippen molar-refractivity contribution in [3.05, 3.63) is 69.3 Å². The highest BCUT2D eigenvalue weighted by Gasteiger charge is 2.09. The summed E-state index contributed by atoms with van der Waals surface area (Å²) in [5, 5.41) is 14.0. The summed E-state index contributed by atoms with van der Waals surface area (Å²) in [4.78, 5) is 10.3. The number of nitro benzene ring substituents is 1. The van der Waals surface area contributed by atoms with Gasteiger partial charge in [0.25, 0.3) is 5.69 Å². The fourth-order valence-electron chi connectivity index (χ4n) is 2.61. The number of hydrogen-bond acceptors (Lipinski definition) is 4. The Hall–Kier alpha value is -2.40. The number of rotatable bonds is 8. The molecule has 0 saturated carbocycles. The fraction of sp³-hybridized carbons (Fsp3) is 0.368. The van der Waals surface area contributed by atoms with E-state index in [9.17, 15) is 10.1 Å². The number of hydrogen-bond donors (Lipinski definition) is 1. The minimum absolute atomic E-state index is 0.126. The molecule has 5 heteroatoms. The van der Waals surface area contributed by atoms with Crippen LogP contribution in [0, 0.1) is 24.0 Å².